The number of aryl methyl sites for hydroxylation is 1. The Labute approximate surface area is 333 Å². The number of carbonyl (C=O) groups is 3. The zero-order chi connectivity index (χ0) is 41.4. The van der Waals surface area contributed by atoms with E-state index in [1.165, 1.54) is 18.3 Å². The summed E-state index contributed by atoms with van der Waals surface area (Å²) in [5.41, 5.74) is 7.33. The maximum atomic E-state index is 12.8. The number of nitrogens with zero attached hydrogens (tertiary/aromatic N) is 6. The molecule has 0 aliphatic rings. The molecule has 0 unspecified atom stereocenters. The number of aromatic nitrogens is 7. The number of rotatable bonds is 30. The highest BCUT2D eigenvalue weighted by atomic mass is 16.6. The van der Waals surface area contributed by atoms with E-state index in [0.717, 1.165) is 12.2 Å². The quantitative estimate of drug-likeness (QED) is 0.0375. The molecule has 58 heavy (non-hydrogen) atoms. The zero-order valence-electron chi connectivity index (χ0n) is 32.4. The number of benzene rings is 1. The van der Waals surface area contributed by atoms with Gasteiger partial charge in [-0.15, -0.1) is 5.10 Å². The number of aliphatic carboxylic acids is 1. The number of carboxylic acid groups (broad SMARTS) is 1. The minimum absolute atomic E-state index is 0.0542. The van der Waals surface area contributed by atoms with Crippen LogP contribution in [-0.2, 0) is 57.7 Å². The largest absolute Gasteiger partial charge is 0.480 e. The Morgan fingerprint density at radius 2 is 1.48 bits per heavy atom. The first-order valence-corrected chi connectivity index (χ1v) is 18.7. The summed E-state index contributed by atoms with van der Waals surface area (Å²) in [6.07, 6.45) is 3.09. The number of amides is 2. The van der Waals surface area contributed by atoms with Crippen LogP contribution >= 0.6 is 0 Å². The van der Waals surface area contributed by atoms with Crippen LogP contribution in [0.25, 0.3) is 11.2 Å². The lowest BCUT2D eigenvalue weighted by Gasteiger charge is -2.15. The number of hydrogen-bond donors (Lipinski definition) is 6. The van der Waals surface area contributed by atoms with E-state index in [9.17, 15) is 24.3 Å². The van der Waals surface area contributed by atoms with E-state index in [0.29, 0.717) is 84.1 Å². The van der Waals surface area contributed by atoms with Crippen LogP contribution in [0.5, 0.6) is 0 Å². The molecular weight excluding hydrogens is 762 g/mol. The highest BCUT2D eigenvalue weighted by molar-refractivity contribution is 5.97. The van der Waals surface area contributed by atoms with Crippen molar-refractivity contribution in [2.45, 2.75) is 45.5 Å². The summed E-state index contributed by atoms with van der Waals surface area (Å²) < 4.78 is 34.6. The fraction of sp³-hybridized carbons (Fsp3) is 0.528. The van der Waals surface area contributed by atoms with Gasteiger partial charge in [0.05, 0.1) is 104 Å². The molecule has 0 bridgehead atoms. The van der Waals surface area contributed by atoms with E-state index in [1.807, 2.05) is 13.1 Å². The average Bonchev–Trinajstić information content (AvgIpc) is 3.69. The molecule has 0 aliphatic carbocycles. The summed E-state index contributed by atoms with van der Waals surface area (Å²) in [7, 11) is 0. The number of hydrogen-bond acceptors (Lipinski definition) is 17. The molecule has 4 aromatic rings. The second-order valence-electron chi connectivity index (χ2n) is 12.3. The van der Waals surface area contributed by atoms with Gasteiger partial charge in [-0.3, -0.25) is 24.0 Å². The van der Waals surface area contributed by atoms with E-state index in [-0.39, 0.29) is 61.1 Å². The number of carbonyl (C=O) groups excluding carboxylic acids is 2. The fourth-order valence-electron chi connectivity index (χ4n) is 4.95. The van der Waals surface area contributed by atoms with Crippen LogP contribution in [0.4, 0.5) is 11.6 Å². The second kappa shape index (κ2) is 25.6. The molecule has 0 aliphatic heterocycles. The summed E-state index contributed by atoms with van der Waals surface area (Å²) in [5.74, 6) is -2.30. The van der Waals surface area contributed by atoms with Gasteiger partial charge < -0.3 is 55.2 Å². The first-order chi connectivity index (χ1) is 28.2. The molecule has 7 N–H and O–H groups in total. The number of nitrogen functional groups attached to an aromatic ring is 1. The zero-order valence-corrected chi connectivity index (χ0v) is 32.4. The first-order valence-electron chi connectivity index (χ1n) is 18.7. The molecule has 2 amide bonds. The van der Waals surface area contributed by atoms with Crippen molar-refractivity contribution >= 4 is 40.6 Å². The van der Waals surface area contributed by atoms with Crippen molar-refractivity contribution < 1.29 is 47.9 Å². The average molecular weight is 814 g/mol. The molecule has 1 atom stereocenters. The lowest BCUT2D eigenvalue weighted by atomic mass is 10.1. The summed E-state index contributed by atoms with van der Waals surface area (Å²) in [5, 5.41) is 25.8. The number of nitrogens with one attached hydrogen (secondary N) is 4. The van der Waals surface area contributed by atoms with Gasteiger partial charge in [-0.05, 0) is 37.6 Å². The van der Waals surface area contributed by atoms with E-state index in [1.54, 1.807) is 16.8 Å². The van der Waals surface area contributed by atoms with E-state index in [2.05, 4.69) is 46.2 Å². The Kier molecular flexibility index (Phi) is 19.9. The van der Waals surface area contributed by atoms with Crippen LogP contribution in [-0.4, -0.2) is 143 Å². The normalized spacial score (nSPS) is 11.7. The van der Waals surface area contributed by atoms with Gasteiger partial charge in [0.2, 0.25) is 11.9 Å². The van der Waals surface area contributed by atoms with Crippen LogP contribution in [0, 0.1) is 0 Å². The number of carboxylic acids is 1. The molecule has 0 radical (unpaired) electrons. The second-order valence-corrected chi connectivity index (χ2v) is 12.3. The number of anilines is 2. The van der Waals surface area contributed by atoms with E-state index < -0.39 is 23.5 Å². The molecule has 4 rings (SSSR count). The summed E-state index contributed by atoms with van der Waals surface area (Å²) in [6, 6.07) is 5.03. The van der Waals surface area contributed by atoms with Gasteiger partial charge in [-0.1, -0.05) is 5.21 Å². The molecule has 1 aromatic carbocycles. The summed E-state index contributed by atoms with van der Waals surface area (Å²) >= 11 is 0. The molecular formula is C36H51N11O11. The maximum Gasteiger partial charge on any atom is 0.326 e. The summed E-state index contributed by atoms with van der Waals surface area (Å²) in [4.78, 5) is 63.6. The van der Waals surface area contributed by atoms with Crippen molar-refractivity contribution in [1.29, 1.82) is 0 Å². The minimum atomic E-state index is -1.27. The highest BCUT2D eigenvalue weighted by Crippen LogP contribution is 2.12. The van der Waals surface area contributed by atoms with Crippen molar-refractivity contribution in [3.05, 3.63) is 64.0 Å². The van der Waals surface area contributed by atoms with Crippen molar-refractivity contribution in [2.75, 3.05) is 90.3 Å². The number of nitrogens with two attached hydrogens (primary N) is 1. The Morgan fingerprint density at radius 3 is 2.09 bits per heavy atom. The molecule has 3 heterocycles. The number of aromatic amines is 1. The number of H-pyrrole nitrogens is 1. The Bertz CT molecular complexity index is 1910. The van der Waals surface area contributed by atoms with Crippen molar-refractivity contribution in [3.8, 4) is 0 Å². The lowest BCUT2D eigenvalue weighted by molar-refractivity contribution is -0.139. The smallest absolute Gasteiger partial charge is 0.326 e. The monoisotopic (exact) mass is 813 g/mol. The summed E-state index contributed by atoms with van der Waals surface area (Å²) in [6.45, 7) is 8.04. The van der Waals surface area contributed by atoms with Crippen molar-refractivity contribution in [2.24, 2.45) is 0 Å². The predicted octanol–water partition coefficient (Wildman–Crippen LogP) is -0.102. The third kappa shape index (κ3) is 16.8. The predicted molar refractivity (Wildman–Crippen MR) is 207 cm³/mol. The standard InChI is InChI=1S/C36H51N11O11/c1-2-47-23-28(45-46-47)24-58-20-19-57-18-17-56-16-15-55-14-13-54-12-11-53-10-9-38-30(48)8-7-29(35(51)52)42-33(49)25-3-5-26(6-4-25)39-21-27-22-40-32-31(41-27)34(50)44-36(37)43-32/h3-6,22-23,29,39H,2,7-21,24H2,1H3,(H,38,48)(H,42,49)(H,51,52)(H3,37,40,43,44,50)/t29-/m0/s1. The van der Waals surface area contributed by atoms with Gasteiger partial charge in [-0.25, -0.2) is 14.8 Å². The lowest BCUT2D eigenvalue weighted by Crippen LogP contribution is -2.41. The van der Waals surface area contributed by atoms with E-state index in [4.69, 9.17) is 34.2 Å². The van der Waals surface area contributed by atoms with Crippen molar-refractivity contribution in [3.63, 3.8) is 0 Å². The van der Waals surface area contributed by atoms with Gasteiger partial charge >= 0.3 is 5.97 Å². The molecule has 22 heteroatoms. The van der Waals surface area contributed by atoms with Gasteiger partial charge in [0.1, 0.15) is 11.7 Å². The van der Waals surface area contributed by atoms with Crippen LogP contribution in [0.2, 0.25) is 0 Å². The van der Waals surface area contributed by atoms with Crippen LogP contribution in [0.1, 0.15) is 41.5 Å². The molecule has 0 saturated heterocycles. The van der Waals surface area contributed by atoms with Gasteiger partial charge in [0.15, 0.2) is 11.2 Å². The fourth-order valence-corrected chi connectivity index (χ4v) is 4.95. The topological polar surface area (TPSA) is 291 Å². The molecule has 0 saturated carbocycles. The van der Waals surface area contributed by atoms with Crippen LogP contribution in [0.15, 0.2) is 41.5 Å². The first kappa shape index (κ1) is 45.1. The third-order valence-corrected chi connectivity index (χ3v) is 7.96. The molecule has 0 spiro atoms. The van der Waals surface area contributed by atoms with Crippen molar-refractivity contribution in [1.82, 2.24) is 45.6 Å². The SMILES string of the molecule is CCn1cc(COCCOCCOCCOCCOCCOCCNC(=O)CC[C@H](NC(=O)c2ccc(NCc3cnc4nc(N)[nH]c(=O)c4n3)cc2)C(=O)O)nn1. The molecule has 3 aromatic heterocycles. The minimum Gasteiger partial charge on any atom is -0.480 e. The number of ether oxygens (including phenoxy) is 6. The van der Waals surface area contributed by atoms with Gasteiger partial charge in [0, 0.05) is 30.8 Å². The molecule has 0 fully saturated rings. The maximum absolute atomic E-state index is 12.8. The van der Waals surface area contributed by atoms with E-state index >= 15 is 0 Å². The van der Waals surface area contributed by atoms with Gasteiger partial charge in [0.25, 0.3) is 11.5 Å². The Balaban J connectivity index is 0.944. The van der Waals surface area contributed by atoms with Crippen LogP contribution < -0.4 is 27.2 Å². The third-order valence-electron chi connectivity index (χ3n) is 7.96. The molecule has 316 valence electrons. The highest BCUT2D eigenvalue weighted by Gasteiger charge is 2.22. The van der Waals surface area contributed by atoms with Gasteiger partial charge in [-0.2, -0.15) is 4.98 Å². The number of fused-ring (bicyclic) bond motifs is 1. The van der Waals surface area contributed by atoms with Crippen LogP contribution in [0.3, 0.4) is 0 Å². The Morgan fingerprint density at radius 1 is 0.862 bits per heavy atom. The molecule has 22 nitrogen and oxygen atoms in total. The Hall–Kier alpha value is -5.65.